The van der Waals surface area contributed by atoms with Crippen molar-refractivity contribution in [3.05, 3.63) is 17.7 Å². The Morgan fingerprint density at radius 1 is 1.11 bits per heavy atom. The SMILES string of the molecule is Nc1nc(N2CCC[C@H]3CCCC[C@H]32)c(F)cc1F. The Bertz CT molecular complexity index is 476. The van der Waals surface area contributed by atoms with Crippen molar-refractivity contribution in [1.29, 1.82) is 0 Å². The Hall–Kier alpha value is -1.39. The lowest BCUT2D eigenvalue weighted by Gasteiger charge is -2.44. The van der Waals surface area contributed by atoms with E-state index >= 15 is 0 Å². The molecule has 2 aliphatic rings. The number of rotatable bonds is 1. The minimum Gasteiger partial charge on any atom is -0.381 e. The molecule has 1 saturated carbocycles. The number of nitrogens with zero attached hydrogens (tertiary/aromatic N) is 2. The molecule has 5 heteroatoms. The molecule has 0 amide bonds. The van der Waals surface area contributed by atoms with Crippen LogP contribution in [0.15, 0.2) is 6.07 Å². The molecule has 1 aliphatic heterocycles. The highest BCUT2D eigenvalue weighted by atomic mass is 19.1. The first-order valence-corrected chi connectivity index (χ1v) is 7.05. The van der Waals surface area contributed by atoms with E-state index < -0.39 is 11.6 Å². The molecule has 0 unspecified atom stereocenters. The van der Waals surface area contributed by atoms with Crippen molar-refractivity contribution in [2.75, 3.05) is 17.2 Å². The first-order valence-electron chi connectivity index (χ1n) is 7.05. The van der Waals surface area contributed by atoms with Gasteiger partial charge >= 0.3 is 0 Å². The van der Waals surface area contributed by atoms with Gasteiger partial charge in [0.2, 0.25) is 0 Å². The lowest BCUT2D eigenvalue weighted by molar-refractivity contribution is 0.241. The number of halogens is 2. The van der Waals surface area contributed by atoms with E-state index in [9.17, 15) is 8.78 Å². The van der Waals surface area contributed by atoms with Crippen LogP contribution in [0, 0.1) is 17.6 Å². The first kappa shape index (κ1) is 12.6. The maximum absolute atomic E-state index is 14.0. The van der Waals surface area contributed by atoms with Crippen molar-refractivity contribution in [1.82, 2.24) is 4.98 Å². The first-order chi connectivity index (χ1) is 9.16. The molecular weight excluding hydrogens is 248 g/mol. The Morgan fingerprint density at radius 2 is 1.84 bits per heavy atom. The van der Waals surface area contributed by atoms with Crippen molar-refractivity contribution in [2.24, 2.45) is 5.92 Å². The molecule has 3 nitrogen and oxygen atoms in total. The quantitative estimate of drug-likeness (QED) is 0.850. The molecule has 0 bridgehead atoms. The Kier molecular flexibility index (Phi) is 3.29. The molecular formula is C14H19F2N3. The van der Waals surface area contributed by atoms with Crippen molar-refractivity contribution in [3.8, 4) is 0 Å². The van der Waals surface area contributed by atoms with Gasteiger partial charge in [-0.05, 0) is 31.6 Å². The van der Waals surface area contributed by atoms with Crippen LogP contribution >= 0.6 is 0 Å². The van der Waals surface area contributed by atoms with Crippen LogP contribution in [0.5, 0.6) is 0 Å². The molecule has 0 radical (unpaired) electrons. The number of nitrogen functional groups attached to an aromatic ring is 1. The van der Waals surface area contributed by atoms with Crippen LogP contribution in [-0.4, -0.2) is 17.6 Å². The molecule has 2 N–H and O–H groups in total. The fourth-order valence-electron chi connectivity index (χ4n) is 3.56. The van der Waals surface area contributed by atoms with Crippen molar-refractivity contribution >= 4 is 11.6 Å². The van der Waals surface area contributed by atoms with Crippen molar-refractivity contribution < 1.29 is 8.78 Å². The minimum absolute atomic E-state index is 0.214. The van der Waals surface area contributed by atoms with Crippen molar-refractivity contribution in [3.63, 3.8) is 0 Å². The molecule has 1 saturated heterocycles. The van der Waals surface area contributed by atoms with Crippen LogP contribution in [0.25, 0.3) is 0 Å². The van der Waals surface area contributed by atoms with Gasteiger partial charge in [0.1, 0.15) is 0 Å². The van der Waals surface area contributed by atoms with Gasteiger partial charge in [-0.3, -0.25) is 0 Å². The van der Waals surface area contributed by atoms with Crippen LogP contribution in [0.2, 0.25) is 0 Å². The van der Waals surface area contributed by atoms with Gasteiger partial charge in [-0.15, -0.1) is 0 Å². The summed E-state index contributed by atoms with van der Waals surface area (Å²) in [7, 11) is 0. The molecule has 1 aromatic heterocycles. The second kappa shape index (κ2) is 4.94. The second-order valence-electron chi connectivity index (χ2n) is 5.61. The predicted octanol–water partition coefficient (Wildman–Crippen LogP) is 3.10. The van der Waals surface area contributed by atoms with Crippen LogP contribution in [-0.2, 0) is 0 Å². The summed E-state index contributed by atoms with van der Waals surface area (Å²) >= 11 is 0. The molecule has 104 valence electrons. The van der Waals surface area contributed by atoms with Gasteiger partial charge in [-0.1, -0.05) is 12.8 Å². The highest BCUT2D eigenvalue weighted by molar-refractivity contribution is 5.48. The van der Waals surface area contributed by atoms with Crippen molar-refractivity contribution in [2.45, 2.75) is 44.6 Å². The average Bonchev–Trinajstić information content (AvgIpc) is 2.42. The number of fused-ring (bicyclic) bond motifs is 1. The third kappa shape index (κ3) is 2.26. The zero-order chi connectivity index (χ0) is 13.4. The van der Waals surface area contributed by atoms with Crippen LogP contribution in [0.4, 0.5) is 20.4 Å². The maximum Gasteiger partial charge on any atom is 0.168 e. The summed E-state index contributed by atoms with van der Waals surface area (Å²) in [5.41, 5.74) is 5.48. The fraction of sp³-hybridized carbons (Fsp3) is 0.643. The average molecular weight is 267 g/mol. The summed E-state index contributed by atoms with van der Waals surface area (Å²) in [6.45, 7) is 0.788. The summed E-state index contributed by atoms with van der Waals surface area (Å²) in [5.74, 6) is -0.740. The zero-order valence-electron chi connectivity index (χ0n) is 10.9. The molecule has 0 spiro atoms. The molecule has 19 heavy (non-hydrogen) atoms. The molecule has 2 heterocycles. The normalized spacial score (nSPS) is 27.2. The van der Waals surface area contributed by atoms with E-state index in [0.717, 1.165) is 25.5 Å². The molecule has 2 fully saturated rings. The largest absolute Gasteiger partial charge is 0.381 e. The van der Waals surface area contributed by atoms with Gasteiger partial charge in [-0.2, -0.15) is 0 Å². The monoisotopic (exact) mass is 267 g/mol. The van der Waals surface area contributed by atoms with Gasteiger partial charge in [0, 0.05) is 18.7 Å². The van der Waals surface area contributed by atoms with Gasteiger partial charge in [0.15, 0.2) is 23.3 Å². The van der Waals surface area contributed by atoms with E-state index in [1.165, 1.54) is 25.7 Å². The van der Waals surface area contributed by atoms with Gasteiger partial charge < -0.3 is 10.6 Å². The highest BCUT2D eigenvalue weighted by Gasteiger charge is 2.35. The lowest BCUT2D eigenvalue weighted by atomic mass is 9.78. The van der Waals surface area contributed by atoms with E-state index in [1.807, 2.05) is 4.90 Å². The van der Waals surface area contributed by atoms with Gasteiger partial charge in [0.05, 0.1) is 0 Å². The summed E-state index contributed by atoms with van der Waals surface area (Å²) in [6, 6.07) is 1.19. The molecule has 0 aromatic carbocycles. The number of hydrogen-bond donors (Lipinski definition) is 1. The Balaban J connectivity index is 1.93. The number of piperidine rings is 1. The standard InChI is InChI=1S/C14H19F2N3/c15-10-8-11(16)14(18-13(10)17)19-7-3-5-9-4-1-2-6-12(9)19/h8-9,12H,1-7H2,(H2,17,18)/t9-,12-/m1/s1. The minimum atomic E-state index is -0.779. The molecule has 3 rings (SSSR count). The van der Waals surface area contributed by atoms with E-state index in [4.69, 9.17) is 5.73 Å². The molecule has 2 atom stereocenters. The van der Waals surface area contributed by atoms with Crippen LogP contribution in [0.3, 0.4) is 0 Å². The Labute approximate surface area is 111 Å². The summed E-state index contributed by atoms with van der Waals surface area (Å²) < 4.78 is 27.2. The third-order valence-electron chi connectivity index (χ3n) is 4.45. The van der Waals surface area contributed by atoms with Gasteiger partial charge in [-0.25, -0.2) is 13.8 Å². The third-order valence-corrected chi connectivity index (χ3v) is 4.45. The number of hydrogen-bond acceptors (Lipinski definition) is 3. The van der Waals surface area contributed by atoms with Gasteiger partial charge in [0.25, 0.3) is 0 Å². The summed E-state index contributed by atoms with van der Waals surface area (Å²) in [4.78, 5) is 5.95. The summed E-state index contributed by atoms with van der Waals surface area (Å²) in [6.07, 6.45) is 6.97. The number of anilines is 2. The van der Waals surface area contributed by atoms with Crippen LogP contribution in [0.1, 0.15) is 38.5 Å². The predicted molar refractivity (Wildman–Crippen MR) is 70.9 cm³/mol. The zero-order valence-corrected chi connectivity index (χ0v) is 10.9. The lowest BCUT2D eigenvalue weighted by Crippen LogP contribution is -2.47. The molecule has 1 aliphatic carbocycles. The highest BCUT2D eigenvalue weighted by Crippen LogP contribution is 2.38. The topological polar surface area (TPSA) is 42.1 Å². The number of aromatic nitrogens is 1. The Morgan fingerprint density at radius 3 is 2.68 bits per heavy atom. The van der Waals surface area contributed by atoms with E-state index in [2.05, 4.69) is 4.98 Å². The number of nitrogens with two attached hydrogens (primary N) is 1. The number of pyridine rings is 1. The van der Waals surface area contributed by atoms with Crippen LogP contribution < -0.4 is 10.6 Å². The molecule has 1 aromatic rings. The fourth-order valence-corrected chi connectivity index (χ4v) is 3.56. The maximum atomic E-state index is 14.0. The second-order valence-corrected chi connectivity index (χ2v) is 5.61. The smallest absolute Gasteiger partial charge is 0.168 e. The van der Waals surface area contributed by atoms with E-state index in [1.54, 1.807) is 0 Å². The van der Waals surface area contributed by atoms with E-state index in [0.29, 0.717) is 12.0 Å². The van der Waals surface area contributed by atoms with E-state index in [-0.39, 0.29) is 11.6 Å². The summed E-state index contributed by atoms with van der Waals surface area (Å²) in [5, 5.41) is 0.